The molecule has 1 aromatic carbocycles. The van der Waals surface area contributed by atoms with E-state index >= 15 is 0 Å². The zero-order chi connectivity index (χ0) is 23.9. The summed E-state index contributed by atoms with van der Waals surface area (Å²) >= 11 is 6.33. The second-order valence-corrected chi connectivity index (χ2v) is 11.1. The molecule has 3 aromatic rings. The summed E-state index contributed by atoms with van der Waals surface area (Å²) in [5.41, 5.74) is 1.48. The Labute approximate surface area is 206 Å². The van der Waals surface area contributed by atoms with Crippen LogP contribution in [0.2, 0.25) is 5.02 Å². The van der Waals surface area contributed by atoms with Crippen molar-refractivity contribution in [2.45, 2.75) is 38.5 Å². The molecule has 5 heterocycles. The molecule has 0 bridgehead atoms. The van der Waals surface area contributed by atoms with Crippen molar-refractivity contribution in [1.29, 1.82) is 0 Å². The lowest BCUT2D eigenvalue weighted by Crippen LogP contribution is -2.73. The number of hydrogen-bond donors (Lipinski definition) is 0. The monoisotopic (exact) mass is 498 g/mol. The summed E-state index contributed by atoms with van der Waals surface area (Å²) in [6.07, 6.45) is 2.49. The SMILES string of the molecule is Cc1nc(N2CC3(C2)CN(c2nnc4n2-c2ccc(Cl)cc2CN(CC2(F)CC2)C4)C3)ncc1F. The van der Waals surface area contributed by atoms with E-state index in [1.165, 1.54) is 6.20 Å². The Hall–Kier alpha value is -2.85. The average molecular weight is 499 g/mol. The summed E-state index contributed by atoms with van der Waals surface area (Å²) in [5.74, 6) is 1.82. The first-order valence-corrected chi connectivity index (χ1v) is 12.3. The van der Waals surface area contributed by atoms with Gasteiger partial charge in [0.05, 0.1) is 24.1 Å². The van der Waals surface area contributed by atoms with Gasteiger partial charge in [-0.25, -0.2) is 18.7 Å². The van der Waals surface area contributed by atoms with Crippen LogP contribution in [0.15, 0.2) is 24.4 Å². The summed E-state index contributed by atoms with van der Waals surface area (Å²) < 4.78 is 30.3. The molecule has 8 nitrogen and oxygen atoms in total. The average Bonchev–Trinajstić information content (AvgIpc) is 3.39. The smallest absolute Gasteiger partial charge is 0.231 e. The molecule has 4 aliphatic rings. The Morgan fingerprint density at radius 3 is 2.57 bits per heavy atom. The van der Waals surface area contributed by atoms with Crippen molar-refractivity contribution in [3.8, 4) is 5.69 Å². The fraction of sp³-hybridized carbons (Fsp3) is 0.500. The molecule has 0 unspecified atom stereocenters. The molecule has 1 saturated carbocycles. The highest BCUT2D eigenvalue weighted by molar-refractivity contribution is 6.30. The lowest BCUT2D eigenvalue weighted by Gasteiger charge is -2.60. The highest BCUT2D eigenvalue weighted by Gasteiger charge is 2.54. The van der Waals surface area contributed by atoms with Crippen LogP contribution in [0, 0.1) is 18.2 Å². The van der Waals surface area contributed by atoms with E-state index in [0.29, 0.717) is 49.1 Å². The van der Waals surface area contributed by atoms with Gasteiger partial charge in [0.2, 0.25) is 11.9 Å². The van der Waals surface area contributed by atoms with Crippen molar-refractivity contribution in [3.63, 3.8) is 0 Å². The minimum Gasteiger partial charge on any atom is -0.339 e. The van der Waals surface area contributed by atoms with Crippen LogP contribution < -0.4 is 9.80 Å². The molecule has 0 N–H and O–H groups in total. The van der Waals surface area contributed by atoms with Crippen molar-refractivity contribution in [2.24, 2.45) is 5.41 Å². The molecule has 2 aromatic heterocycles. The van der Waals surface area contributed by atoms with Crippen LogP contribution in [-0.2, 0) is 13.1 Å². The molecule has 7 rings (SSSR count). The molecule has 11 heteroatoms. The van der Waals surface area contributed by atoms with Crippen LogP contribution in [0.3, 0.4) is 0 Å². The third-order valence-electron chi connectivity index (χ3n) is 7.63. The Bertz CT molecular complexity index is 1330. The van der Waals surface area contributed by atoms with Gasteiger partial charge in [-0.15, -0.1) is 10.2 Å². The Morgan fingerprint density at radius 2 is 1.83 bits per heavy atom. The van der Waals surface area contributed by atoms with Crippen LogP contribution in [0.1, 0.15) is 29.9 Å². The summed E-state index contributed by atoms with van der Waals surface area (Å²) in [4.78, 5) is 14.9. The van der Waals surface area contributed by atoms with Gasteiger partial charge in [0, 0.05) is 49.7 Å². The van der Waals surface area contributed by atoms with Crippen molar-refractivity contribution in [1.82, 2.24) is 29.6 Å². The van der Waals surface area contributed by atoms with Crippen molar-refractivity contribution in [3.05, 3.63) is 52.3 Å². The maximum atomic E-state index is 14.6. The Kier molecular flexibility index (Phi) is 4.49. The normalized spacial score (nSPS) is 21.7. The van der Waals surface area contributed by atoms with Crippen LogP contribution >= 0.6 is 11.6 Å². The van der Waals surface area contributed by atoms with Gasteiger partial charge in [0.1, 0.15) is 5.67 Å². The predicted octanol–water partition coefficient (Wildman–Crippen LogP) is 3.30. The van der Waals surface area contributed by atoms with Gasteiger partial charge in [0.15, 0.2) is 11.6 Å². The topological polar surface area (TPSA) is 66.2 Å². The molecule has 3 aliphatic heterocycles. The third-order valence-corrected chi connectivity index (χ3v) is 7.87. The number of nitrogens with zero attached hydrogens (tertiary/aromatic N) is 8. The molecule has 1 spiro atoms. The summed E-state index contributed by atoms with van der Waals surface area (Å²) in [7, 11) is 0. The maximum Gasteiger partial charge on any atom is 0.231 e. The minimum atomic E-state index is -1.08. The van der Waals surface area contributed by atoms with Gasteiger partial charge in [0.25, 0.3) is 0 Å². The number of hydrogen-bond acceptors (Lipinski definition) is 7. The van der Waals surface area contributed by atoms with Crippen LogP contribution in [0.5, 0.6) is 0 Å². The molecule has 0 amide bonds. The quantitative estimate of drug-likeness (QED) is 0.547. The molecule has 3 fully saturated rings. The number of anilines is 2. The molecule has 182 valence electrons. The van der Waals surface area contributed by atoms with Gasteiger partial charge in [-0.05, 0) is 43.5 Å². The van der Waals surface area contributed by atoms with Gasteiger partial charge < -0.3 is 9.80 Å². The van der Waals surface area contributed by atoms with E-state index in [2.05, 4.69) is 39.4 Å². The van der Waals surface area contributed by atoms with Gasteiger partial charge in [-0.2, -0.15) is 0 Å². The summed E-state index contributed by atoms with van der Waals surface area (Å²) in [5, 5.41) is 9.74. The van der Waals surface area contributed by atoms with Crippen LogP contribution in [0.4, 0.5) is 20.7 Å². The maximum absolute atomic E-state index is 14.6. The molecule has 1 aliphatic carbocycles. The number of alkyl halides is 1. The van der Waals surface area contributed by atoms with E-state index in [9.17, 15) is 8.78 Å². The number of rotatable bonds is 4. The highest BCUT2D eigenvalue weighted by Crippen LogP contribution is 2.44. The minimum absolute atomic E-state index is 0.143. The molecule has 2 saturated heterocycles. The van der Waals surface area contributed by atoms with Crippen molar-refractivity contribution >= 4 is 23.5 Å². The molecular weight excluding hydrogens is 474 g/mol. The standard InChI is InChI=1S/C24H25ClF2N8/c1-15-18(26)7-28-21(29-15)33-10-23(11-33)12-34(13-23)22-31-30-20-9-32(14-24(27)4-5-24)8-16-6-17(25)2-3-19(16)35(20)22/h2-3,6-7H,4-5,8-14H2,1H3. The number of fused-ring (bicyclic) bond motifs is 3. The number of benzene rings is 1. The van der Waals surface area contributed by atoms with E-state index in [4.69, 9.17) is 11.6 Å². The zero-order valence-corrected chi connectivity index (χ0v) is 20.1. The number of aromatic nitrogens is 5. The summed E-state index contributed by atoms with van der Waals surface area (Å²) in [6.45, 7) is 6.57. The van der Waals surface area contributed by atoms with Crippen molar-refractivity contribution in [2.75, 3.05) is 42.5 Å². The molecular formula is C24H25ClF2N8. The highest BCUT2D eigenvalue weighted by atomic mass is 35.5. The predicted molar refractivity (Wildman–Crippen MR) is 127 cm³/mol. The summed E-state index contributed by atoms with van der Waals surface area (Å²) in [6, 6.07) is 5.86. The first-order chi connectivity index (χ1) is 16.8. The van der Waals surface area contributed by atoms with Crippen LogP contribution in [-0.4, -0.2) is 68.0 Å². The fourth-order valence-electron chi connectivity index (χ4n) is 5.67. The lowest BCUT2D eigenvalue weighted by atomic mass is 9.73. The largest absolute Gasteiger partial charge is 0.339 e. The van der Waals surface area contributed by atoms with Gasteiger partial charge in [-0.3, -0.25) is 9.47 Å². The van der Waals surface area contributed by atoms with Crippen molar-refractivity contribution < 1.29 is 8.78 Å². The second-order valence-electron chi connectivity index (χ2n) is 10.6. The van der Waals surface area contributed by atoms with E-state index in [0.717, 1.165) is 49.2 Å². The van der Waals surface area contributed by atoms with Gasteiger partial charge >= 0.3 is 0 Å². The van der Waals surface area contributed by atoms with E-state index in [1.54, 1.807) is 6.92 Å². The molecule has 35 heavy (non-hydrogen) atoms. The van der Waals surface area contributed by atoms with Gasteiger partial charge in [-0.1, -0.05) is 11.6 Å². The first kappa shape index (κ1) is 21.4. The van der Waals surface area contributed by atoms with E-state index in [1.807, 2.05) is 18.2 Å². The number of halogens is 3. The Balaban J connectivity index is 1.12. The molecule has 0 atom stereocenters. The zero-order valence-electron chi connectivity index (χ0n) is 19.4. The molecule has 0 radical (unpaired) electrons. The first-order valence-electron chi connectivity index (χ1n) is 11.9. The lowest BCUT2D eigenvalue weighted by molar-refractivity contribution is 0.152. The second kappa shape index (κ2) is 7.33. The van der Waals surface area contributed by atoms with E-state index < -0.39 is 5.67 Å². The number of aryl methyl sites for hydroxylation is 1. The fourth-order valence-corrected chi connectivity index (χ4v) is 5.86. The Morgan fingerprint density at radius 1 is 1.06 bits per heavy atom. The third kappa shape index (κ3) is 3.57. The van der Waals surface area contributed by atoms with E-state index in [-0.39, 0.29) is 11.2 Å². The van der Waals surface area contributed by atoms with Crippen LogP contribution in [0.25, 0.3) is 5.69 Å².